The predicted molar refractivity (Wildman–Crippen MR) is 57.5 cm³/mol. The first kappa shape index (κ1) is 10.6. The molecule has 16 heavy (non-hydrogen) atoms. The van der Waals surface area contributed by atoms with Crippen molar-refractivity contribution in [2.45, 2.75) is 13.3 Å². The number of aromatic nitrogens is 4. The summed E-state index contributed by atoms with van der Waals surface area (Å²) in [6.07, 6.45) is 0.487. The van der Waals surface area contributed by atoms with E-state index in [1.807, 2.05) is 19.1 Å². The molecule has 0 aliphatic rings. The van der Waals surface area contributed by atoms with Gasteiger partial charge in [0.1, 0.15) is 0 Å². The van der Waals surface area contributed by atoms with E-state index in [1.54, 1.807) is 6.07 Å². The van der Waals surface area contributed by atoms with Crippen LogP contribution >= 0.6 is 0 Å². The third-order valence-corrected chi connectivity index (χ3v) is 2.45. The predicted octanol–water partition coefficient (Wildman–Crippen LogP) is -0.201. The molecule has 0 aliphatic carbocycles. The normalized spacial score (nSPS) is 10.6. The van der Waals surface area contributed by atoms with Crippen LogP contribution in [0, 0.1) is 6.92 Å². The molecule has 6 heteroatoms. The van der Waals surface area contributed by atoms with Crippen molar-refractivity contribution in [1.82, 2.24) is 20.2 Å². The molecule has 2 aromatic rings. The van der Waals surface area contributed by atoms with Gasteiger partial charge in [-0.2, -0.15) is 4.68 Å². The number of nitrogens with one attached hydrogen (secondary N) is 1. The van der Waals surface area contributed by atoms with E-state index in [2.05, 4.69) is 15.5 Å². The molecule has 0 radical (unpaired) electrons. The summed E-state index contributed by atoms with van der Waals surface area (Å²) in [5.41, 5.74) is 2.19. The fourth-order valence-electron chi connectivity index (χ4n) is 1.68. The van der Waals surface area contributed by atoms with Gasteiger partial charge >= 0.3 is 5.69 Å². The number of aryl methyl sites for hydroxylation is 1. The number of aliphatic hydroxyl groups is 1. The van der Waals surface area contributed by atoms with Gasteiger partial charge in [0.15, 0.2) is 0 Å². The Kier molecular flexibility index (Phi) is 2.82. The molecule has 84 valence electrons. The van der Waals surface area contributed by atoms with E-state index in [4.69, 9.17) is 5.11 Å². The first-order chi connectivity index (χ1) is 7.74. The van der Waals surface area contributed by atoms with Gasteiger partial charge < -0.3 is 5.11 Å². The summed E-state index contributed by atoms with van der Waals surface area (Å²) in [5, 5.41) is 18.4. The number of benzene rings is 1. The van der Waals surface area contributed by atoms with Crippen molar-refractivity contribution in [1.29, 1.82) is 0 Å². The van der Waals surface area contributed by atoms with Gasteiger partial charge in [-0.25, -0.2) is 9.89 Å². The largest absolute Gasteiger partial charge is 0.396 e. The minimum Gasteiger partial charge on any atom is -0.396 e. The molecular formula is C10H12N4O2. The lowest BCUT2D eigenvalue weighted by molar-refractivity contribution is 0.299. The summed E-state index contributed by atoms with van der Waals surface area (Å²) < 4.78 is 1.19. The number of nitrogens with zero attached hydrogens (tertiary/aromatic N) is 3. The van der Waals surface area contributed by atoms with Crippen LogP contribution in [0.3, 0.4) is 0 Å². The van der Waals surface area contributed by atoms with Gasteiger partial charge in [-0.05, 0) is 41.0 Å². The summed E-state index contributed by atoms with van der Waals surface area (Å²) in [5.74, 6) is 0. The summed E-state index contributed by atoms with van der Waals surface area (Å²) in [6, 6.07) is 5.55. The molecule has 2 rings (SSSR count). The van der Waals surface area contributed by atoms with E-state index in [0.717, 1.165) is 11.1 Å². The lowest BCUT2D eigenvalue weighted by Crippen LogP contribution is -2.18. The smallest absolute Gasteiger partial charge is 0.365 e. The summed E-state index contributed by atoms with van der Waals surface area (Å²) in [4.78, 5) is 11.4. The highest BCUT2D eigenvalue weighted by atomic mass is 16.3. The van der Waals surface area contributed by atoms with Gasteiger partial charge in [-0.15, -0.1) is 0 Å². The average molecular weight is 220 g/mol. The number of aliphatic hydroxyl groups excluding tert-OH is 1. The highest BCUT2D eigenvalue weighted by Crippen LogP contribution is 2.16. The van der Waals surface area contributed by atoms with E-state index in [1.165, 1.54) is 4.68 Å². The monoisotopic (exact) mass is 220 g/mol. The Balaban J connectivity index is 2.61. The standard InChI is InChI=1S/C10H12N4O2/c1-7-3-2-4-9(8(7)5-6-15)14-10(16)11-12-13-14/h2-4,15H,5-6H2,1H3,(H,11,13,16). The Hall–Kier alpha value is -1.95. The number of rotatable bonds is 3. The number of tetrazole rings is 1. The van der Waals surface area contributed by atoms with Crippen LogP contribution in [0.15, 0.2) is 23.0 Å². The zero-order valence-corrected chi connectivity index (χ0v) is 8.84. The minimum absolute atomic E-state index is 0.0322. The summed E-state index contributed by atoms with van der Waals surface area (Å²) >= 11 is 0. The second-order valence-corrected chi connectivity index (χ2v) is 3.46. The second kappa shape index (κ2) is 4.28. The summed E-state index contributed by atoms with van der Waals surface area (Å²) in [6.45, 7) is 1.96. The maximum atomic E-state index is 11.4. The van der Waals surface area contributed by atoms with Gasteiger partial charge in [-0.1, -0.05) is 12.1 Å². The van der Waals surface area contributed by atoms with Crippen LogP contribution in [0.25, 0.3) is 5.69 Å². The molecule has 0 unspecified atom stereocenters. The first-order valence-electron chi connectivity index (χ1n) is 4.94. The molecule has 0 spiro atoms. The Morgan fingerprint density at radius 1 is 1.50 bits per heavy atom. The quantitative estimate of drug-likeness (QED) is 0.750. The van der Waals surface area contributed by atoms with Crippen LogP contribution in [-0.4, -0.2) is 31.9 Å². The lowest BCUT2D eigenvalue weighted by atomic mass is 10.0. The van der Waals surface area contributed by atoms with Gasteiger partial charge in [0, 0.05) is 6.61 Å². The van der Waals surface area contributed by atoms with Crippen LogP contribution in [0.4, 0.5) is 0 Å². The molecule has 0 saturated heterocycles. The Morgan fingerprint density at radius 2 is 2.31 bits per heavy atom. The van der Waals surface area contributed by atoms with Crippen LogP contribution in [0.1, 0.15) is 11.1 Å². The molecular weight excluding hydrogens is 208 g/mol. The Morgan fingerprint density at radius 3 is 2.94 bits per heavy atom. The molecule has 2 N–H and O–H groups in total. The molecule has 0 bridgehead atoms. The van der Waals surface area contributed by atoms with Crippen LogP contribution in [0.5, 0.6) is 0 Å². The number of aromatic amines is 1. The van der Waals surface area contributed by atoms with E-state index in [-0.39, 0.29) is 12.3 Å². The zero-order chi connectivity index (χ0) is 11.5. The van der Waals surface area contributed by atoms with Crippen molar-refractivity contribution in [2.75, 3.05) is 6.61 Å². The SMILES string of the molecule is Cc1cccc(-n2nn[nH]c2=O)c1CCO. The van der Waals surface area contributed by atoms with Crippen molar-refractivity contribution < 1.29 is 5.11 Å². The van der Waals surface area contributed by atoms with Crippen molar-refractivity contribution in [3.8, 4) is 5.69 Å². The first-order valence-corrected chi connectivity index (χ1v) is 4.94. The minimum atomic E-state index is -0.384. The molecule has 0 amide bonds. The maximum Gasteiger partial charge on any atom is 0.365 e. The van der Waals surface area contributed by atoms with Gasteiger partial charge in [0.25, 0.3) is 0 Å². The Labute approximate surface area is 91.5 Å². The molecule has 1 aromatic carbocycles. The molecule has 1 aromatic heterocycles. The third-order valence-electron chi connectivity index (χ3n) is 2.45. The van der Waals surface area contributed by atoms with E-state index in [0.29, 0.717) is 12.1 Å². The molecule has 0 atom stereocenters. The van der Waals surface area contributed by atoms with Crippen LogP contribution in [-0.2, 0) is 6.42 Å². The number of hydrogen-bond donors (Lipinski definition) is 2. The van der Waals surface area contributed by atoms with Crippen LogP contribution < -0.4 is 5.69 Å². The summed E-state index contributed by atoms with van der Waals surface area (Å²) in [7, 11) is 0. The molecule has 1 heterocycles. The van der Waals surface area contributed by atoms with Gasteiger partial charge in [-0.3, -0.25) is 0 Å². The number of hydrogen-bond acceptors (Lipinski definition) is 4. The van der Waals surface area contributed by atoms with Crippen molar-refractivity contribution in [2.24, 2.45) is 0 Å². The fraction of sp³-hybridized carbons (Fsp3) is 0.300. The second-order valence-electron chi connectivity index (χ2n) is 3.46. The molecule has 0 saturated carbocycles. The molecule has 0 fully saturated rings. The molecule has 0 aliphatic heterocycles. The number of H-pyrrole nitrogens is 1. The van der Waals surface area contributed by atoms with Crippen molar-refractivity contribution >= 4 is 0 Å². The van der Waals surface area contributed by atoms with Gasteiger partial charge in [0.2, 0.25) is 0 Å². The average Bonchev–Trinajstić information content (AvgIpc) is 2.68. The molecule has 6 nitrogen and oxygen atoms in total. The van der Waals surface area contributed by atoms with Crippen molar-refractivity contribution in [3.63, 3.8) is 0 Å². The topological polar surface area (TPSA) is 83.8 Å². The van der Waals surface area contributed by atoms with E-state index >= 15 is 0 Å². The fourth-order valence-corrected chi connectivity index (χ4v) is 1.68. The highest BCUT2D eigenvalue weighted by Gasteiger charge is 2.10. The maximum absolute atomic E-state index is 11.4. The van der Waals surface area contributed by atoms with Crippen LogP contribution in [0.2, 0.25) is 0 Å². The zero-order valence-electron chi connectivity index (χ0n) is 8.84. The highest BCUT2D eigenvalue weighted by molar-refractivity contribution is 5.44. The van der Waals surface area contributed by atoms with Gasteiger partial charge in [0.05, 0.1) is 5.69 Å². The van der Waals surface area contributed by atoms with E-state index in [9.17, 15) is 4.79 Å². The third kappa shape index (κ3) is 1.74. The Bertz CT molecular complexity index is 544. The van der Waals surface area contributed by atoms with Crippen molar-refractivity contribution in [3.05, 3.63) is 39.8 Å². The van der Waals surface area contributed by atoms with E-state index < -0.39 is 0 Å². The lowest BCUT2D eigenvalue weighted by Gasteiger charge is -2.09.